The van der Waals surface area contributed by atoms with E-state index in [-0.39, 0.29) is 12.2 Å². The number of rotatable bonds is 6. The molecule has 32 heavy (non-hydrogen) atoms. The lowest BCUT2D eigenvalue weighted by Crippen LogP contribution is -2.14. The Morgan fingerprint density at radius 1 is 0.781 bits per heavy atom. The van der Waals surface area contributed by atoms with Crippen LogP contribution in [0.1, 0.15) is 17.0 Å². The molecule has 1 N–H and O–H groups in total. The molecule has 3 aromatic heterocycles. The van der Waals surface area contributed by atoms with Crippen molar-refractivity contribution in [3.63, 3.8) is 0 Å². The zero-order valence-corrected chi connectivity index (χ0v) is 17.2. The number of nitrogens with one attached hydrogen (secondary N) is 1. The molecule has 156 valence electrons. The van der Waals surface area contributed by atoms with Crippen molar-refractivity contribution in [2.45, 2.75) is 13.0 Å². The topological polar surface area (TPSA) is 80.8 Å². The van der Waals surface area contributed by atoms with Crippen LogP contribution in [0.3, 0.4) is 0 Å². The highest BCUT2D eigenvalue weighted by atomic mass is 16.5. The third kappa shape index (κ3) is 4.25. The lowest BCUT2D eigenvalue weighted by molar-refractivity contribution is 0.296. The number of nitrogens with zero attached hydrogens (tertiary/aromatic N) is 3. The van der Waals surface area contributed by atoms with E-state index >= 15 is 0 Å². The van der Waals surface area contributed by atoms with E-state index in [1.807, 2.05) is 60.7 Å². The molecule has 0 aliphatic rings. The molecular formula is C26H20N4O2. The Morgan fingerprint density at radius 2 is 1.56 bits per heavy atom. The number of hydrogen-bond donors (Lipinski definition) is 1. The number of fused-ring (bicyclic) bond motifs is 1. The highest BCUT2D eigenvalue weighted by Crippen LogP contribution is 2.21. The number of hydrogen-bond acceptors (Lipinski definition) is 5. The molecule has 6 nitrogen and oxygen atoms in total. The van der Waals surface area contributed by atoms with Gasteiger partial charge in [0.2, 0.25) is 0 Å². The Kier molecular flexibility index (Phi) is 5.41. The van der Waals surface area contributed by atoms with Gasteiger partial charge in [0, 0.05) is 12.4 Å². The summed E-state index contributed by atoms with van der Waals surface area (Å²) in [6, 6.07) is 25.5. The van der Waals surface area contributed by atoms with Crippen LogP contribution in [0.2, 0.25) is 0 Å². The Balaban J connectivity index is 1.36. The summed E-state index contributed by atoms with van der Waals surface area (Å²) in [5, 5.41) is 0.467. The smallest absolute Gasteiger partial charge is 0.258 e. The maximum Gasteiger partial charge on any atom is 0.258 e. The van der Waals surface area contributed by atoms with Gasteiger partial charge in [-0.1, -0.05) is 48.5 Å². The van der Waals surface area contributed by atoms with Crippen LogP contribution in [0.4, 0.5) is 0 Å². The fourth-order valence-corrected chi connectivity index (χ4v) is 3.56. The number of H-pyrrole nitrogens is 1. The van der Waals surface area contributed by atoms with Crippen LogP contribution < -0.4 is 10.3 Å². The van der Waals surface area contributed by atoms with Crippen molar-refractivity contribution in [1.82, 2.24) is 19.9 Å². The maximum absolute atomic E-state index is 12.6. The molecule has 5 rings (SSSR count). The summed E-state index contributed by atoms with van der Waals surface area (Å²) in [6.07, 6.45) is 4.15. The first-order valence-electron chi connectivity index (χ1n) is 10.3. The Bertz CT molecular complexity index is 1400. The lowest BCUT2D eigenvalue weighted by Gasteiger charge is -2.09. The van der Waals surface area contributed by atoms with Crippen molar-refractivity contribution in [3.8, 4) is 17.1 Å². The van der Waals surface area contributed by atoms with E-state index in [0.717, 1.165) is 6.42 Å². The molecule has 0 radical (unpaired) electrons. The van der Waals surface area contributed by atoms with Gasteiger partial charge in [0.1, 0.15) is 29.4 Å². The quantitative estimate of drug-likeness (QED) is 0.436. The number of pyridine rings is 2. The molecule has 0 amide bonds. The third-order valence-corrected chi connectivity index (χ3v) is 5.13. The predicted octanol–water partition coefficient (Wildman–Crippen LogP) is 4.55. The maximum atomic E-state index is 12.6. The summed E-state index contributed by atoms with van der Waals surface area (Å²) < 4.78 is 5.88. The molecule has 0 saturated heterocycles. The second kappa shape index (κ2) is 8.81. The van der Waals surface area contributed by atoms with Crippen LogP contribution in [0.25, 0.3) is 22.3 Å². The molecule has 0 bridgehead atoms. The first kappa shape index (κ1) is 19.6. The van der Waals surface area contributed by atoms with Crippen molar-refractivity contribution >= 4 is 10.9 Å². The summed E-state index contributed by atoms with van der Waals surface area (Å²) in [5.41, 5.74) is 3.97. The monoisotopic (exact) mass is 420 g/mol. The molecule has 5 aromatic rings. The van der Waals surface area contributed by atoms with Gasteiger partial charge in [0.25, 0.3) is 5.56 Å². The van der Waals surface area contributed by atoms with E-state index in [1.54, 1.807) is 18.5 Å². The van der Waals surface area contributed by atoms with Crippen molar-refractivity contribution in [1.29, 1.82) is 0 Å². The number of benzene rings is 2. The minimum atomic E-state index is -0.230. The molecule has 2 aromatic carbocycles. The molecule has 0 fully saturated rings. The Hall–Kier alpha value is -4.32. The molecule has 0 spiro atoms. The van der Waals surface area contributed by atoms with E-state index in [9.17, 15) is 4.79 Å². The summed E-state index contributed by atoms with van der Waals surface area (Å²) in [5.74, 6) is 1.14. The Morgan fingerprint density at radius 3 is 2.34 bits per heavy atom. The molecule has 3 heterocycles. The minimum Gasteiger partial charge on any atom is -0.486 e. The molecule has 0 unspecified atom stereocenters. The lowest BCUT2D eigenvalue weighted by atomic mass is 10.1. The normalized spacial score (nSPS) is 10.9. The Labute approximate surface area is 184 Å². The van der Waals surface area contributed by atoms with Gasteiger partial charge < -0.3 is 9.72 Å². The summed E-state index contributed by atoms with van der Waals surface area (Å²) in [6.45, 7) is 0.139. The third-order valence-electron chi connectivity index (χ3n) is 5.13. The van der Waals surface area contributed by atoms with E-state index in [0.29, 0.717) is 33.9 Å². The van der Waals surface area contributed by atoms with Crippen molar-refractivity contribution in [3.05, 3.63) is 119 Å². The molecule has 0 saturated carbocycles. The predicted molar refractivity (Wildman–Crippen MR) is 123 cm³/mol. The first-order chi connectivity index (χ1) is 15.8. The van der Waals surface area contributed by atoms with E-state index in [2.05, 4.69) is 32.1 Å². The van der Waals surface area contributed by atoms with E-state index < -0.39 is 0 Å². The average Bonchev–Trinajstić information content (AvgIpc) is 2.84. The summed E-state index contributed by atoms with van der Waals surface area (Å²) >= 11 is 0. The van der Waals surface area contributed by atoms with Gasteiger partial charge in [-0.15, -0.1) is 0 Å². The van der Waals surface area contributed by atoms with Crippen LogP contribution in [0.15, 0.2) is 96.1 Å². The van der Waals surface area contributed by atoms with Crippen molar-refractivity contribution in [2.75, 3.05) is 0 Å². The standard InChI is InChI=1S/C26H20N4O2/c31-26-21-13-15-28-25(22-8-4-5-14-27-22)24(21)29-23(30-26)17-32-20-11-9-19(10-12-20)16-18-6-2-1-3-7-18/h1-15H,16-17H2,(H,29,30,31). The summed E-state index contributed by atoms with van der Waals surface area (Å²) in [7, 11) is 0. The highest BCUT2D eigenvalue weighted by Gasteiger charge is 2.12. The number of aromatic amines is 1. The second-order valence-electron chi connectivity index (χ2n) is 7.38. The fraction of sp³-hybridized carbons (Fsp3) is 0.0769. The average molecular weight is 420 g/mol. The van der Waals surface area contributed by atoms with E-state index in [1.165, 1.54) is 11.1 Å². The van der Waals surface area contributed by atoms with Crippen LogP contribution in [-0.4, -0.2) is 19.9 Å². The van der Waals surface area contributed by atoms with Crippen molar-refractivity contribution in [2.24, 2.45) is 0 Å². The molecular weight excluding hydrogens is 400 g/mol. The van der Waals surface area contributed by atoms with Gasteiger partial charge in [-0.3, -0.25) is 14.8 Å². The SMILES string of the molecule is O=c1[nH]c(COc2ccc(Cc3ccccc3)cc2)nc2c(-c3ccccn3)nccc12. The van der Waals surface area contributed by atoms with Crippen LogP contribution in [0, 0.1) is 0 Å². The van der Waals surface area contributed by atoms with E-state index in [4.69, 9.17) is 4.74 Å². The van der Waals surface area contributed by atoms with Gasteiger partial charge in [-0.05, 0) is 47.9 Å². The first-order valence-corrected chi connectivity index (χ1v) is 10.3. The highest BCUT2D eigenvalue weighted by molar-refractivity contribution is 5.89. The zero-order chi connectivity index (χ0) is 21.8. The van der Waals surface area contributed by atoms with Gasteiger partial charge in [-0.2, -0.15) is 0 Å². The minimum absolute atomic E-state index is 0.139. The van der Waals surface area contributed by atoms with Gasteiger partial charge in [0.05, 0.1) is 11.1 Å². The van der Waals surface area contributed by atoms with Crippen molar-refractivity contribution < 1.29 is 4.74 Å². The van der Waals surface area contributed by atoms with Crippen LogP contribution in [-0.2, 0) is 13.0 Å². The van der Waals surface area contributed by atoms with Gasteiger partial charge >= 0.3 is 0 Å². The number of ether oxygens (including phenoxy) is 1. The second-order valence-corrected chi connectivity index (χ2v) is 7.38. The zero-order valence-electron chi connectivity index (χ0n) is 17.2. The molecule has 0 aliphatic carbocycles. The van der Waals surface area contributed by atoms with Gasteiger partial charge in [0.15, 0.2) is 0 Å². The van der Waals surface area contributed by atoms with Crippen LogP contribution in [0.5, 0.6) is 5.75 Å². The van der Waals surface area contributed by atoms with Gasteiger partial charge in [-0.25, -0.2) is 4.98 Å². The number of aromatic nitrogens is 4. The molecule has 6 heteroatoms. The summed E-state index contributed by atoms with van der Waals surface area (Å²) in [4.78, 5) is 28.8. The fourth-order valence-electron chi connectivity index (χ4n) is 3.56. The van der Waals surface area contributed by atoms with Crippen LogP contribution >= 0.6 is 0 Å². The molecule has 0 aliphatic heterocycles. The molecule has 0 atom stereocenters. The largest absolute Gasteiger partial charge is 0.486 e.